The van der Waals surface area contributed by atoms with Gasteiger partial charge in [-0.1, -0.05) is 55.0 Å². The lowest BCUT2D eigenvalue weighted by molar-refractivity contribution is -0.141. The molecule has 0 bridgehead atoms. The summed E-state index contributed by atoms with van der Waals surface area (Å²) in [6.45, 7) is 2.81. The zero-order valence-corrected chi connectivity index (χ0v) is 22.9. The fourth-order valence-corrected chi connectivity index (χ4v) is 6.25. The van der Waals surface area contributed by atoms with Crippen LogP contribution in [0.1, 0.15) is 30.4 Å². The van der Waals surface area contributed by atoms with E-state index in [2.05, 4.69) is 30.1 Å². The quantitative estimate of drug-likeness (QED) is 0.322. The third-order valence-corrected chi connectivity index (χ3v) is 8.27. The first-order chi connectivity index (χ1) is 19.8. The second kappa shape index (κ2) is 10.8. The van der Waals surface area contributed by atoms with Crippen LogP contribution in [0.2, 0.25) is 0 Å². The first kappa shape index (κ1) is 27.2. The second-order valence-electron chi connectivity index (χ2n) is 10.8. The lowest BCUT2D eigenvalue weighted by Gasteiger charge is -2.35. The molecule has 2 aromatic heterocycles. The van der Waals surface area contributed by atoms with Gasteiger partial charge in [0.05, 0.1) is 12.5 Å². The molecule has 0 unspecified atom stereocenters. The highest BCUT2D eigenvalue weighted by atomic mass is 19.4. The van der Waals surface area contributed by atoms with Crippen molar-refractivity contribution in [2.75, 3.05) is 44.2 Å². The Morgan fingerprint density at radius 3 is 2.27 bits per heavy atom. The molecule has 1 N–H and O–H groups in total. The predicted octanol–water partition coefficient (Wildman–Crippen LogP) is 4.30. The van der Waals surface area contributed by atoms with E-state index >= 15 is 0 Å². The van der Waals surface area contributed by atoms with Crippen LogP contribution >= 0.6 is 0 Å². The maximum atomic E-state index is 13.6. The Balaban J connectivity index is 1.12. The van der Waals surface area contributed by atoms with E-state index in [1.807, 2.05) is 60.1 Å². The number of carbonyl (C=O) groups is 1. The van der Waals surface area contributed by atoms with Crippen molar-refractivity contribution in [3.05, 3.63) is 72.2 Å². The van der Waals surface area contributed by atoms with Gasteiger partial charge in [0, 0.05) is 33.2 Å². The highest BCUT2D eigenvalue weighted by Crippen LogP contribution is 2.51. The number of benzene rings is 2. The molecule has 214 valence electrons. The summed E-state index contributed by atoms with van der Waals surface area (Å²) in [5, 5.41) is 2.21. The molecule has 0 saturated carbocycles. The van der Waals surface area contributed by atoms with E-state index in [4.69, 9.17) is 0 Å². The van der Waals surface area contributed by atoms with E-state index in [9.17, 15) is 18.0 Å². The number of unbranched alkanes of at least 4 members (excludes halogenated alkanes) is 1. The lowest BCUT2D eigenvalue weighted by Crippen LogP contribution is -2.48. The number of alkyl halides is 3. The summed E-state index contributed by atoms with van der Waals surface area (Å²) >= 11 is 0. The Bertz CT molecular complexity index is 1510. The summed E-state index contributed by atoms with van der Waals surface area (Å²) in [7, 11) is 1.91. The molecule has 1 fully saturated rings. The molecule has 1 aliphatic carbocycles. The third kappa shape index (κ3) is 5.14. The van der Waals surface area contributed by atoms with Gasteiger partial charge in [-0.3, -0.25) is 9.69 Å². The van der Waals surface area contributed by atoms with E-state index in [1.165, 1.54) is 0 Å². The number of aryl methyl sites for hydroxylation is 1. The normalized spacial score (nSPS) is 16.5. The summed E-state index contributed by atoms with van der Waals surface area (Å²) in [5.41, 5.74) is 3.80. The number of hydrogen-bond acceptors (Lipinski definition) is 6. The molecule has 11 heteroatoms. The molecule has 0 spiro atoms. The zero-order chi connectivity index (χ0) is 28.6. The van der Waals surface area contributed by atoms with Crippen molar-refractivity contribution in [2.24, 2.45) is 7.05 Å². The van der Waals surface area contributed by atoms with Gasteiger partial charge in [0.15, 0.2) is 5.65 Å². The number of halogens is 3. The van der Waals surface area contributed by atoms with Crippen molar-refractivity contribution in [2.45, 2.75) is 30.9 Å². The third-order valence-electron chi connectivity index (χ3n) is 8.27. The summed E-state index contributed by atoms with van der Waals surface area (Å²) in [6.07, 6.45) is 0.963. The maximum Gasteiger partial charge on any atom is 0.405 e. The van der Waals surface area contributed by atoms with Gasteiger partial charge in [0.2, 0.25) is 11.9 Å². The van der Waals surface area contributed by atoms with Gasteiger partial charge in [-0.15, -0.1) is 0 Å². The molecule has 41 heavy (non-hydrogen) atoms. The Hall–Kier alpha value is -3.99. The molecule has 1 saturated heterocycles. The van der Waals surface area contributed by atoms with Crippen molar-refractivity contribution in [1.29, 1.82) is 0 Å². The highest BCUT2D eigenvalue weighted by molar-refractivity contribution is 6.00. The number of rotatable bonds is 8. The van der Waals surface area contributed by atoms with Crippen LogP contribution in [-0.4, -0.2) is 75.8 Å². The van der Waals surface area contributed by atoms with Crippen LogP contribution in [0.25, 0.3) is 22.3 Å². The first-order valence-electron chi connectivity index (χ1n) is 13.9. The number of amides is 1. The van der Waals surface area contributed by atoms with Crippen molar-refractivity contribution in [3.63, 3.8) is 0 Å². The maximum absolute atomic E-state index is 13.6. The molecule has 2 aromatic carbocycles. The summed E-state index contributed by atoms with van der Waals surface area (Å²) in [6, 6.07) is 15.2. The molecule has 6 rings (SSSR count). The predicted molar refractivity (Wildman–Crippen MR) is 151 cm³/mol. The van der Waals surface area contributed by atoms with Crippen LogP contribution < -0.4 is 10.2 Å². The topological polar surface area (TPSA) is 79.2 Å². The van der Waals surface area contributed by atoms with Gasteiger partial charge in [-0.2, -0.15) is 18.2 Å². The Morgan fingerprint density at radius 2 is 1.61 bits per heavy atom. The minimum absolute atomic E-state index is 0.434. The first-order valence-corrected chi connectivity index (χ1v) is 13.9. The van der Waals surface area contributed by atoms with E-state index in [-0.39, 0.29) is 0 Å². The number of aromatic nitrogens is 4. The SMILES string of the molecule is Cn1cnc2cnc(N3CCN(CCCCC4(C(=O)NCC(F)(F)F)c5ccccc5-c5ccccc54)CC3)nc21. The Morgan fingerprint density at radius 1 is 0.951 bits per heavy atom. The summed E-state index contributed by atoms with van der Waals surface area (Å²) in [5.74, 6) is 0.109. The molecule has 1 amide bonds. The Kier molecular flexibility index (Phi) is 7.14. The van der Waals surface area contributed by atoms with E-state index in [1.54, 1.807) is 12.5 Å². The molecular weight excluding hydrogens is 531 g/mol. The molecule has 8 nitrogen and oxygen atoms in total. The molecule has 0 atom stereocenters. The number of nitrogens with zero attached hydrogens (tertiary/aromatic N) is 6. The number of carbonyl (C=O) groups excluding carboxylic acids is 1. The molecule has 0 radical (unpaired) electrons. The average molecular weight is 564 g/mol. The van der Waals surface area contributed by atoms with Crippen LogP contribution in [0.15, 0.2) is 61.1 Å². The molecule has 1 aliphatic heterocycles. The van der Waals surface area contributed by atoms with E-state index in [0.29, 0.717) is 18.8 Å². The number of hydrogen-bond donors (Lipinski definition) is 1. The van der Waals surface area contributed by atoms with Gasteiger partial charge in [0.1, 0.15) is 17.5 Å². The van der Waals surface area contributed by atoms with E-state index in [0.717, 1.165) is 72.6 Å². The van der Waals surface area contributed by atoms with Crippen molar-refractivity contribution < 1.29 is 18.0 Å². The average Bonchev–Trinajstić information content (AvgIpc) is 3.49. The van der Waals surface area contributed by atoms with Gasteiger partial charge in [0.25, 0.3) is 0 Å². The number of imidazole rings is 1. The zero-order valence-electron chi connectivity index (χ0n) is 22.9. The van der Waals surface area contributed by atoms with Crippen molar-refractivity contribution in [3.8, 4) is 11.1 Å². The van der Waals surface area contributed by atoms with Crippen LogP contribution in [-0.2, 0) is 17.3 Å². The summed E-state index contributed by atoms with van der Waals surface area (Å²) in [4.78, 5) is 31.7. The standard InChI is InChI=1S/C30H32F3N7O/c1-38-20-36-25-18-34-28(37-26(25)38)40-16-14-39(15-17-40)13-7-6-12-29(27(41)35-19-30(31,32)33)23-10-4-2-8-21(23)22-9-3-5-11-24(22)29/h2-5,8-11,18,20H,6-7,12-17,19H2,1H3,(H,35,41). The molecule has 3 heterocycles. The summed E-state index contributed by atoms with van der Waals surface area (Å²) < 4.78 is 41.2. The second-order valence-corrected chi connectivity index (χ2v) is 10.8. The minimum atomic E-state index is -4.48. The molecule has 2 aliphatic rings. The number of nitrogens with one attached hydrogen (secondary N) is 1. The largest absolute Gasteiger partial charge is 0.405 e. The monoisotopic (exact) mass is 563 g/mol. The fraction of sp³-hybridized carbons (Fsp3) is 0.400. The van der Waals surface area contributed by atoms with E-state index < -0.39 is 24.0 Å². The van der Waals surface area contributed by atoms with Crippen LogP contribution in [0.4, 0.5) is 19.1 Å². The number of piperazine rings is 1. The van der Waals surface area contributed by atoms with Gasteiger partial charge < -0.3 is 14.8 Å². The van der Waals surface area contributed by atoms with Gasteiger partial charge in [-0.05, 0) is 41.6 Å². The van der Waals surface area contributed by atoms with Gasteiger partial charge >= 0.3 is 6.18 Å². The minimum Gasteiger partial charge on any atom is -0.346 e. The van der Waals surface area contributed by atoms with Crippen LogP contribution in [0, 0.1) is 0 Å². The van der Waals surface area contributed by atoms with Gasteiger partial charge in [-0.25, -0.2) is 9.97 Å². The Labute approximate surface area is 236 Å². The van der Waals surface area contributed by atoms with Crippen molar-refractivity contribution >= 4 is 23.0 Å². The van der Waals surface area contributed by atoms with Crippen LogP contribution in [0.3, 0.4) is 0 Å². The smallest absolute Gasteiger partial charge is 0.346 e. The van der Waals surface area contributed by atoms with Crippen LogP contribution in [0.5, 0.6) is 0 Å². The highest BCUT2D eigenvalue weighted by Gasteiger charge is 2.49. The number of fused-ring (bicyclic) bond motifs is 4. The fourth-order valence-electron chi connectivity index (χ4n) is 6.25. The number of anilines is 1. The lowest BCUT2D eigenvalue weighted by atomic mass is 9.73. The molecular formula is C30H32F3N7O. The molecule has 4 aromatic rings. The van der Waals surface area contributed by atoms with Crippen molar-refractivity contribution in [1.82, 2.24) is 29.7 Å².